The number of aliphatic hydroxyl groups is 1. The van der Waals surface area contributed by atoms with Crippen LogP contribution >= 0.6 is 0 Å². The van der Waals surface area contributed by atoms with Crippen molar-refractivity contribution >= 4 is 0 Å². The highest BCUT2D eigenvalue weighted by Gasteiger charge is 2.00. The first kappa shape index (κ1) is 10.4. The van der Waals surface area contributed by atoms with Crippen LogP contribution in [0, 0.1) is 11.8 Å². The first-order valence-electron chi connectivity index (χ1n) is 4.90. The van der Waals surface area contributed by atoms with E-state index in [0.717, 1.165) is 11.1 Å². The van der Waals surface area contributed by atoms with Crippen molar-refractivity contribution in [2.75, 3.05) is 6.61 Å². The van der Waals surface area contributed by atoms with Gasteiger partial charge in [0, 0.05) is 5.56 Å². The summed E-state index contributed by atoms with van der Waals surface area (Å²) >= 11 is 0. The molecule has 2 rings (SSSR count). The molecular weight excluding hydrogens is 202 g/mol. The Morgan fingerprint density at radius 2 is 2.19 bits per heavy atom. The zero-order valence-electron chi connectivity index (χ0n) is 8.67. The number of hydrogen-bond donors (Lipinski definition) is 1. The Kier molecular flexibility index (Phi) is 3.31. The Morgan fingerprint density at radius 3 is 2.94 bits per heavy atom. The summed E-state index contributed by atoms with van der Waals surface area (Å²) in [7, 11) is 0. The van der Waals surface area contributed by atoms with Gasteiger partial charge >= 0.3 is 0 Å². The molecule has 0 saturated carbocycles. The van der Waals surface area contributed by atoms with Crippen molar-refractivity contribution in [2.45, 2.75) is 6.54 Å². The minimum absolute atomic E-state index is 0.127. The molecule has 80 valence electrons. The zero-order valence-corrected chi connectivity index (χ0v) is 8.67. The van der Waals surface area contributed by atoms with Crippen LogP contribution in [0.2, 0.25) is 0 Å². The van der Waals surface area contributed by atoms with Crippen LogP contribution in [-0.2, 0) is 6.54 Å². The highest BCUT2D eigenvalue weighted by atomic mass is 16.2. The maximum absolute atomic E-state index is 8.67. The Balaban J connectivity index is 2.26. The topological polar surface area (TPSA) is 50.9 Å². The first-order chi connectivity index (χ1) is 7.90. The molecule has 2 aromatic rings. The smallest absolute Gasteiger partial charge is 0.137 e. The van der Waals surface area contributed by atoms with E-state index in [1.54, 1.807) is 11.0 Å². The van der Waals surface area contributed by atoms with Gasteiger partial charge in [0.05, 0.1) is 6.54 Å². The molecular formula is C12H11N3O. The van der Waals surface area contributed by atoms with Gasteiger partial charge in [-0.25, -0.2) is 9.67 Å². The Hall–Kier alpha value is -2.12. The molecule has 0 atom stereocenters. The van der Waals surface area contributed by atoms with Gasteiger partial charge in [0.1, 0.15) is 19.3 Å². The van der Waals surface area contributed by atoms with Gasteiger partial charge in [0.2, 0.25) is 0 Å². The van der Waals surface area contributed by atoms with Crippen LogP contribution < -0.4 is 0 Å². The Bertz CT molecular complexity index is 509. The Morgan fingerprint density at radius 1 is 1.31 bits per heavy atom. The third kappa shape index (κ3) is 2.47. The third-order valence-electron chi connectivity index (χ3n) is 2.12. The molecule has 0 fully saturated rings. The van der Waals surface area contributed by atoms with Crippen LogP contribution in [0.3, 0.4) is 0 Å². The zero-order chi connectivity index (χ0) is 11.2. The van der Waals surface area contributed by atoms with Crippen molar-refractivity contribution in [1.29, 1.82) is 0 Å². The van der Waals surface area contributed by atoms with E-state index in [9.17, 15) is 0 Å². The number of benzene rings is 1. The fraction of sp³-hybridized carbons (Fsp3) is 0.167. The highest BCUT2D eigenvalue weighted by Crippen LogP contribution is 2.08. The first-order valence-corrected chi connectivity index (χ1v) is 4.90. The van der Waals surface area contributed by atoms with Gasteiger partial charge in [-0.1, -0.05) is 30.0 Å². The molecule has 0 unspecified atom stereocenters. The van der Waals surface area contributed by atoms with Crippen LogP contribution in [0.25, 0.3) is 0 Å². The third-order valence-corrected chi connectivity index (χ3v) is 2.12. The maximum atomic E-state index is 8.67. The molecule has 0 aliphatic heterocycles. The van der Waals surface area contributed by atoms with Gasteiger partial charge < -0.3 is 5.11 Å². The molecule has 0 aliphatic carbocycles. The molecule has 1 aromatic carbocycles. The normalized spacial score (nSPS) is 9.56. The molecule has 0 aliphatic rings. The van der Waals surface area contributed by atoms with Crippen LogP contribution in [0.1, 0.15) is 11.1 Å². The van der Waals surface area contributed by atoms with E-state index in [-0.39, 0.29) is 6.61 Å². The van der Waals surface area contributed by atoms with Crippen molar-refractivity contribution in [1.82, 2.24) is 14.8 Å². The number of rotatable bonds is 2. The van der Waals surface area contributed by atoms with E-state index in [4.69, 9.17) is 5.11 Å². The molecule has 4 nitrogen and oxygen atoms in total. The monoisotopic (exact) mass is 213 g/mol. The Labute approximate surface area is 93.6 Å². The molecule has 1 heterocycles. The van der Waals surface area contributed by atoms with Crippen LogP contribution in [0.4, 0.5) is 0 Å². The molecule has 0 bridgehead atoms. The second kappa shape index (κ2) is 5.10. The molecule has 16 heavy (non-hydrogen) atoms. The average molecular weight is 213 g/mol. The predicted molar refractivity (Wildman–Crippen MR) is 59.5 cm³/mol. The lowest BCUT2D eigenvalue weighted by molar-refractivity contribution is 0.350. The van der Waals surface area contributed by atoms with Crippen LogP contribution in [0.5, 0.6) is 0 Å². The van der Waals surface area contributed by atoms with Crippen LogP contribution in [-0.4, -0.2) is 26.5 Å². The van der Waals surface area contributed by atoms with E-state index < -0.39 is 0 Å². The highest BCUT2D eigenvalue weighted by molar-refractivity contribution is 5.41. The predicted octanol–water partition coefficient (Wildman–Crippen LogP) is 0.670. The molecule has 1 N–H and O–H groups in total. The SMILES string of the molecule is OCC#Cc1ccccc1Cn1cncn1. The van der Waals surface area contributed by atoms with Gasteiger partial charge in [-0.3, -0.25) is 0 Å². The summed E-state index contributed by atoms with van der Waals surface area (Å²) < 4.78 is 1.74. The fourth-order valence-electron chi connectivity index (χ4n) is 1.40. The molecule has 0 spiro atoms. The van der Waals surface area contributed by atoms with Crippen LogP contribution in [0.15, 0.2) is 36.9 Å². The van der Waals surface area contributed by atoms with E-state index in [1.807, 2.05) is 24.3 Å². The standard InChI is InChI=1S/C12H11N3O/c16-7-3-6-11-4-1-2-5-12(11)8-15-10-13-9-14-15/h1-2,4-5,9-10,16H,7-8H2. The van der Waals surface area contributed by atoms with E-state index in [2.05, 4.69) is 21.9 Å². The maximum Gasteiger partial charge on any atom is 0.137 e. The van der Waals surface area contributed by atoms with Gasteiger partial charge in [-0.05, 0) is 11.6 Å². The van der Waals surface area contributed by atoms with Crippen molar-refractivity contribution in [3.8, 4) is 11.8 Å². The van der Waals surface area contributed by atoms with E-state index in [0.29, 0.717) is 6.54 Å². The van der Waals surface area contributed by atoms with Gasteiger partial charge in [-0.15, -0.1) is 0 Å². The van der Waals surface area contributed by atoms with Crippen molar-refractivity contribution < 1.29 is 5.11 Å². The second-order valence-electron chi connectivity index (χ2n) is 3.21. The minimum Gasteiger partial charge on any atom is -0.384 e. The summed E-state index contributed by atoms with van der Waals surface area (Å²) in [6.45, 7) is 0.508. The molecule has 0 amide bonds. The molecule has 0 saturated heterocycles. The summed E-state index contributed by atoms with van der Waals surface area (Å²) in [5, 5.41) is 12.7. The summed E-state index contributed by atoms with van der Waals surface area (Å²) in [6.07, 6.45) is 3.16. The quantitative estimate of drug-likeness (QED) is 0.746. The summed E-state index contributed by atoms with van der Waals surface area (Å²) in [5.74, 6) is 5.56. The molecule has 0 radical (unpaired) electrons. The molecule has 4 heteroatoms. The largest absolute Gasteiger partial charge is 0.384 e. The van der Waals surface area contributed by atoms with Gasteiger partial charge in [-0.2, -0.15) is 5.10 Å². The lowest BCUT2D eigenvalue weighted by Crippen LogP contribution is -2.01. The van der Waals surface area contributed by atoms with Crippen molar-refractivity contribution in [3.63, 3.8) is 0 Å². The number of aromatic nitrogens is 3. The fourth-order valence-corrected chi connectivity index (χ4v) is 1.40. The van der Waals surface area contributed by atoms with Gasteiger partial charge in [0.15, 0.2) is 0 Å². The summed E-state index contributed by atoms with van der Waals surface area (Å²) in [5.41, 5.74) is 1.97. The van der Waals surface area contributed by atoms with Crippen molar-refractivity contribution in [2.24, 2.45) is 0 Å². The summed E-state index contributed by atoms with van der Waals surface area (Å²) in [6, 6.07) is 7.79. The lowest BCUT2D eigenvalue weighted by Gasteiger charge is -2.03. The van der Waals surface area contributed by atoms with Gasteiger partial charge in [0.25, 0.3) is 0 Å². The minimum atomic E-state index is -0.127. The number of aliphatic hydroxyl groups excluding tert-OH is 1. The van der Waals surface area contributed by atoms with E-state index >= 15 is 0 Å². The summed E-state index contributed by atoms with van der Waals surface area (Å²) in [4.78, 5) is 3.89. The number of nitrogens with zero attached hydrogens (tertiary/aromatic N) is 3. The van der Waals surface area contributed by atoms with E-state index in [1.165, 1.54) is 6.33 Å². The molecule has 1 aromatic heterocycles. The van der Waals surface area contributed by atoms with Crippen molar-refractivity contribution in [3.05, 3.63) is 48.0 Å². The number of hydrogen-bond acceptors (Lipinski definition) is 3. The average Bonchev–Trinajstić information content (AvgIpc) is 2.81. The lowest BCUT2D eigenvalue weighted by atomic mass is 10.1. The second-order valence-corrected chi connectivity index (χ2v) is 3.21.